The molecule has 0 radical (unpaired) electrons. The molecular formula is C30H41N5O5S4. The molecule has 2 aromatic carbocycles. The summed E-state index contributed by atoms with van der Waals surface area (Å²) >= 11 is 6.62. The SMILES string of the molecule is CC(=O)Nc1ccc(-c2ccc(-c3ccc(NC(=S)NC(C)C)cc3S(=O)(=O)NC(C)(C)C)s2)c(S(=O)(=O)NC(C)(C)C)c1. The second-order valence-corrected chi connectivity index (χ2v) is 17.5. The van der Waals surface area contributed by atoms with Crippen molar-refractivity contribution in [2.75, 3.05) is 10.6 Å². The molecule has 44 heavy (non-hydrogen) atoms. The smallest absolute Gasteiger partial charge is 0.241 e. The van der Waals surface area contributed by atoms with E-state index in [0.717, 1.165) is 0 Å². The van der Waals surface area contributed by atoms with Crippen LogP contribution in [-0.2, 0) is 24.8 Å². The van der Waals surface area contributed by atoms with E-state index < -0.39 is 31.1 Å². The van der Waals surface area contributed by atoms with Crippen LogP contribution in [0.5, 0.6) is 0 Å². The zero-order valence-corrected chi connectivity index (χ0v) is 29.6. The molecule has 0 unspecified atom stereocenters. The Morgan fingerprint density at radius 2 is 1.14 bits per heavy atom. The van der Waals surface area contributed by atoms with Gasteiger partial charge in [0.2, 0.25) is 26.0 Å². The lowest BCUT2D eigenvalue weighted by Gasteiger charge is -2.22. The van der Waals surface area contributed by atoms with Gasteiger partial charge < -0.3 is 16.0 Å². The topological polar surface area (TPSA) is 146 Å². The van der Waals surface area contributed by atoms with Gasteiger partial charge in [0, 0.05) is 56.3 Å². The number of thiocarbonyl (C=S) groups is 1. The van der Waals surface area contributed by atoms with Gasteiger partial charge in [-0.2, -0.15) is 0 Å². The molecule has 1 aromatic heterocycles. The minimum atomic E-state index is -4.02. The zero-order chi connectivity index (χ0) is 33.3. The van der Waals surface area contributed by atoms with Crippen LogP contribution >= 0.6 is 23.6 Å². The van der Waals surface area contributed by atoms with Crippen molar-refractivity contribution in [3.05, 3.63) is 48.5 Å². The van der Waals surface area contributed by atoms with Crippen molar-refractivity contribution >= 4 is 66.0 Å². The van der Waals surface area contributed by atoms with Crippen LogP contribution in [0.15, 0.2) is 58.3 Å². The Bertz CT molecular complexity index is 1770. The largest absolute Gasteiger partial charge is 0.360 e. The summed E-state index contributed by atoms with van der Waals surface area (Å²) < 4.78 is 59.8. The fourth-order valence-electron chi connectivity index (χ4n) is 4.23. The van der Waals surface area contributed by atoms with Crippen LogP contribution in [0.4, 0.5) is 11.4 Å². The minimum Gasteiger partial charge on any atom is -0.360 e. The van der Waals surface area contributed by atoms with Crippen LogP contribution < -0.4 is 25.4 Å². The number of hydrogen-bond donors (Lipinski definition) is 5. The highest BCUT2D eigenvalue weighted by atomic mass is 32.2. The Kier molecular flexibility index (Phi) is 10.7. The molecule has 1 heterocycles. The molecule has 0 bridgehead atoms. The van der Waals surface area contributed by atoms with E-state index in [1.807, 2.05) is 13.8 Å². The van der Waals surface area contributed by atoms with Gasteiger partial charge in [0.05, 0.1) is 9.79 Å². The predicted octanol–water partition coefficient (Wildman–Crippen LogP) is 5.89. The molecule has 0 aliphatic rings. The fourth-order valence-corrected chi connectivity index (χ4v) is 9.13. The molecule has 0 spiro atoms. The zero-order valence-electron chi connectivity index (χ0n) is 26.4. The van der Waals surface area contributed by atoms with E-state index in [1.54, 1.807) is 77.9 Å². The van der Waals surface area contributed by atoms with E-state index >= 15 is 0 Å². The van der Waals surface area contributed by atoms with Gasteiger partial charge in [0.1, 0.15) is 0 Å². The first-order valence-electron chi connectivity index (χ1n) is 13.9. The Labute approximate surface area is 270 Å². The number of hydrogen-bond acceptors (Lipinski definition) is 7. The Morgan fingerprint density at radius 3 is 1.50 bits per heavy atom. The van der Waals surface area contributed by atoms with E-state index in [1.165, 1.54) is 30.4 Å². The van der Waals surface area contributed by atoms with Gasteiger partial charge >= 0.3 is 0 Å². The Hall–Kier alpha value is -2.88. The first kappa shape index (κ1) is 35.6. The van der Waals surface area contributed by atoms with Gasteiger partial charge in [-0.1, -0.05) is 12.1 Å². The first-order chi connectivity index (χ1) is 20.1. The van der Waals surface area contributed by atoms with Crippen LogP contribution in [-0.4, -0.2) is 45.0 Å². The lowest BCUT2D eigenvalue weighted by molar-refractivity contribution is -0.114. The second-order valence-electron chi connectivity index (χ2n) is 12.7. The molecule has 14 heteroatoms. The summed E-state index contributed by atoms with van der Waals surface area (Å²) in [4.78, 5) is 12.9. The highest BCUT2D eigenvalue weighted by Gasteiger charge is 2.28. The molecule has 1 amide bonds. The summed E-state index contributed by atoms with van der Waals surface area (Å²) in [5.74, 6) is -0.334. The number of rotatable bonds is 9. The molecule has 5 N–H and O–H groups in total. The van der Waals surface area contributed by atoms with Crippen LogP contribution in [0.1, 0.15) is 62.3 Å². The number of benzene rings is 2. The van der Waals surface area contributed by atoms with Gasteiger partial charge in [-0.15, -0.1) is 11.3 Å². The molecule has 3 rings (SSSR count). The Morgan fingerprint density at radius 1 is 0.727 bits per heavy atom. The fraction of sp³-hybridized carbons (Fsp3) is 0.400. The molecule has 0 fully saturated rings. The average molecular weight is 680 g/mol. The molecule has 0 aliphatic heterocycles. The lowest BCUT2D eigenvalue weighted by atomic mass is 10.1. The highest BCUT2D eigenvalue weighted by Crippen LogP contribution is 2.41. The maximum atomic E-state index is 13.7. The van der Waals surface area contributed by atoms with Crippen LogP contribution in [0.2, 0.25) is 0 Å². The monoisotopic (exact) mass is 679 g/mol. The molecule has 3 aromatic rings. The number of nitrogens with one attached hydrogen (secondary N) is 5. The van der Waals surface area contributed by atoms with Gasteiger partial charge in [0.25, 0.3) is 0 Å². The van der Waals surface area contributed by atoms with Crippen LogP contribution in [0.3, 0.4) is 0 Å². The van der Waals surface area contributed by atoms with Crippen molar-refractivity contribution in [3.63, 3.8) is 0 Å². The summed E-state index contributed by atoms with van der Waals surface area (Å²) in [6.07, 6.45) is 0. The lowest BCUT2D eigenvalue weighted by Crippen LogP contribution is -2.40. The normalized spacial score (nSPS) is 12.7. The molecule has 0 saturated carbocycles. The van der Waals surface area contributed by atoms with Crippen LogP contribution in [0.25, 0.3) is 20.9 Å². The quantitative estimate of drug-likeness (QED) is 0.176. The number of amides is 1. The number of anilines is 2. The van der Waals surface area contributed by atoms with Gasteiger partial charge in [-0.3, -0.25) is 4.79 Å². The third kappa shape index (κ3) is 9.81. The number of carbonyl (C=O) groups excluding carboxylic acids is 1. The molecule has 0 atom stereocenters. The number of sulfonamides is 2. The predicted molar refractivity (Wildman–Crippen MR) is 184 cm³/mol. The minimum absolute atomic E-state index is 0.0139. The first-order valence-corrected chi connectivity index (χ1v) is 18.1. The van der Waals surface area contributed by atoms with Crippen molar-refractivity contribution in [2.24, 2.45) is 0 Å². The van der Waals surface area contributed by atoms with Crippen molar-refractivity contribution in [1.29, 1.82) is 0 Å². The highest BCUT2D eigenvalue weighted by molar-refractivity contribution is 7.90. The summed E-state index contributed by atoms with van der Waals surface area (Å²) in [5, 5.41) is 9.13. The number of thiophene rings is 1. The van der Waals surface area contributed by atoms with Crippen molar-refractivity contribution in [2.45, 2.75) is 89.2 Å². The van der Waals surface area contributed by atoms with Crippen molar-refractivity contribution < 1.29 is 21.6 Å². The van der Waals surface area contributed by atoms with E-state index in [0.29, 0.717) is 37.4 Å². The summed E-state index contributed by atoms with van der Waals surface area (Å²) in [7, 11) is -8.01. The van der Waals surface area contributed by atoms with Gasteiger partial charge in [-0.25, -0.2) is 26.3 Å². The van der Waals surface area contributed by atoms with E-state index in [-0.39, 0.29) is 21.7 Å². The standard InChI is InChI=1S/C30H41N5O5S4/c1-18(2)31-28(41)33-21-11-13-23(27(17-21)44(39,40)35-30(7,8)9)25-15-14-24(42-25)22-12-10-20(32-19(3)36)16-26(22)43(37,38)34-29(4,5)6/h10-18,34-35H,1-9H3,(H,32,36)(H2,31,33,41). The summed E-state index contributed by atoms with van der Waals surface area (Å²) in [6, 6.07) is 13.3. The molecule has 240 valence electrons. The van der Waals surface area contributed by atoms with Crippen LogP contribution in [0, 0.1) is 0 Å². The molecular weight excluding hydrogens is 639 g/mol. The maximum Gasteiger partial charge on any atom is 0.241 e. The molecule has 0 aliphatic carbocycles. The Balaban J connectivity index is 2.18. The average Bonchev–Trinajstić information content (AvgIpc) is 3.30. The van der Waals surface area contributed by atoms with E-state index in [4.69, 9.17) is 12.2 Å². The third-order valence-corrected chi connectivity index (χ3v) is 10.5. The maximum absolute atomic E-state index is 13.7. The number of carbonyl (C=O) groups is 1. The summed E-state index contributed by atoms with van der Waals surface area (Å²) in [5.41, 5.74) is 0.182. The van der Waals surface area contributed by atoms with Gasteiger partial charge in [-0.05, 0) is 104 Å². The molecule has 10 nitrogen and oxygen atoms in total. The molecule has 0 saturated heterocycles. The van der Waals surface area contributed by atoms with E-state index in [2.05, 4.69) is 25.4 Å². The van der Waals surface area contributed by atoms with Crippen molar-refractivity contribution in [1.82, 2.24) is 14.8 Å². The third-order valence-electron chi connectivity index (χ3n) is 5.56. The van der Waals surface area contributed by atoms with Gasteiger partial charge in [0.15, 0.2) is 5.11 Å². The van der Waals surface area contributed by atoms with Crippen molar-refractivity contribution in [3.8, 4) is 20.9 Å². The second kappa shape index (κ2) is 13.2. The summed E-state index contributed by atoms with van der Waals surface area (Å²) in [6.45, 7) is 15.7. The van der Waals surface area contributed by atoms with E-state index in [9.17, 15) is 21.6 Å².